The average molecular weight is 228 g/mol. The minimum atomic E-state index is -1.10. The Bertz CT molecular complexity index is 282. The van der Waals surface area contributed by atoms with Gasteiger partial charge in [-0.2, -0.15) is 0 Å². The third-order valence-corrected chi connectivity index (χ3v) is 2.52. The summed E-state index contributed by atoms with van der Waals surface area (Å²) < 4.78 is 5.06. The van der Waals surface area contributed by atoms with E-state index in [-0.39, 0.29) is 6.04 Å². The monoisotopic (exact) mass is 228 g/mol. The van der Waals surface area contributed by atoms with Gasteiger partial charge in [0.1, 0.15) is 5.60 Å². The second kappa shape index (κ2) is 4.72. The van der Waals surface area contributed by atoms with Gasteiger partial charge in [-0.1, -0.05) is 6.42 Å². The summed E-state index contributed by atoms with van der Waals surface area (Å²) in [6.07, 6.45) is 1.45. The van der Waals surface area contributed by atoms with Crippen molar-refractivity contribution in [3.63, 3.8) is 0 Å². The molecule has 0 unspecified atom stereocenters. The van der Waals surface area contributed by atoms with E-state index in [0.29, 0.717) is 12.8 Å². The molecule has 0 heterocycles. The van der Waals surface area contributed by atoms with Crippen LogP contribution in [0.15, 0.2) is 0 Å². The number of hydrogen-bond acceptors (Lipinski definition) is 4. The Morgan fingerprint density at radius 1 is 1.31 bits per heavy atom. The fourth-order valence-corrected chi connectivity index (χ4v) is 1.87. The van der Waals surface area contributed by atoms with E-state index in [9.17, 15) is 14.7 Å². The Morgan fingerprint density at radius 2 is 1.94 bits per heavy atom. The molecule has 0 aromatic rings. The van der Waals surface area contributed by atoms with Crippen molar-refractivity contribution in [3.05, 3.63) is 0 Å². The fourth-order valence-electron chi connectivity index (χ4n) is 1.87. The molecular weight excluding hydrogens is 210 g/mol. The van der Waals surface area contributed by atoms with Gasteiger partial charge in [-0.05, 0) is 33.6 Å². The molecular formula is C11H18NO4-. The van der Waals surface area contributed by atoms with Crippen LogP contribution >= 0.6 is 0 Å². The van der Waals surface area contributed by atoms with Crippen molar-refractivity contribution >= 4 is 12.1 Å². The number of carboxylic acid groups (broad SMARTS) is 1. The molecule has 2 atom stereocenters. The minimum Gasteiger partial charge on any atom is -0.550 e. The molecule has 1 rings (SSSR count). The van der Waals surface area contributed by atoms with Crippen molar-refractivity contribution in [2.24, 2.45) is 5.92 Å². The van der Waals surface area contributed by atoms with E-state index in [2.05, 4.69) is 5.32 Å². The molecule has 1 fully saturated rings. The normalized spacial score (nSPS) is 25.2. The number of rotatable bonds is 2. The molecule has 0 aliphatic heterocycles. The maximum atomic E-state index is 11.4. The minimum absolute atomic E-state index is 0.361. The van der Waals surface area contributed by atoms with Gasteiger partial charge in [-0.3, -0.25) is 0 Å². The van der Waals surface area contributed by atoms with E-state index in [1.807, 2.05) is 0 Å². The molecule has 1 aliphatic carbocycles. The highest BCUT2D eigenvalue weighted by Crippen LogP contribution is 2.25. The fraction of sp³-hybridized carbons (Fsp3) is 0.818. The molecule has 0 aromatic heterocycles. The summed E-state index contributed by atoms with van der Waals surface area (Å²) in [4.78, 5) is 22.2. The first kappa shape index (κ1) is 12.8. The van der Waals surface area contributed by atoms with Crippen LogP contribution in [0.2, 0.25) is 0 Å². The van der Waals surface area contributed by atoms with Gasteiger partial charge in [0.05, 0.1) is 0 Å². The number of carbonyl (C=O) groups is 2. The third kappa shape index (κ3) is 3.72. The Kier molecular flexibility index (Phi) is 3.78. The maximum absolute atomic E-state index is 11.4. The van der Waals surface area contributed by atoms with E-state index in [4.69, 9.17) is 4.74 Å². The lowest BCUT2D eigenvalue weighted by molar-refractivity contribution is -0.311. The second-order valence-electron chi connectivity index (χ2n) is 5.11. The predicted molar refractivity (Wildman–Crippen MR) is 55.5 cm³/mol. The largest absolute Gasteiger partial charge is 0.550 e. The Hall–Kier alpha value is -1.26. The number of carboxylic acids is 1. The van der Waals surface area contributed by atoms with E-state index in [1.54, 1.807) is 20.8 Å². The Labute approximate surface area is 95.2 Å². The van der Waals surface area contributed by atoms with Crippen molar-refractivity contribution in [1.82, 2.24) is 5.32 Å². The molecule has 16 heavy (non-hydrogen) atoms. The van der Waals surface area contributed by atoms with Crippen LogP contribution in [-0.4, -0.2) is 23.7 Å². The summed E-state index contributed by atoms with van der Waals surface area (Å²) in [5.41, 5.74) is -0.570. The van der Waals surface area contributed by atoms with E-state index >= 15 is 0 Å². The highest BCUT2D eigenvalue weighted by molar-refractivity contribution is 5.72. The number of ether oxygens (including phenoxy) is 1. The molecule has 0 spiro atoms. The van der Waals surface area contributed by atoms with E-state index in [0.717, 1.165) is 6.42 Å². The highest BCUT2D eigenvalue weighted by atomic mass is 16.6. The first-order valence-corrected chi connectivity index (χ1v) is 5.50. The molecule has 92 valence electrons. The summed E-state index contributed by atoms with van der Waals surface area (Å²) in [6.45, 7) is 5.28. The molecule has 0 bridgehead atoms. The Balaban J connectivity index is 2.47. The van der Waals surface area contributed by atoms with Crippen molar-refractivity contribution in [1.29, 1.82) is 0 Å². The molecule has 1 N–H and O–H groups in total. The number of carbonyl (C=O) groups excluding carboxylic acids is 2. The lowest BCUT2D eigenvalue weighted by Gasteiger charge is -2.25. The van der Waals surface area contributed by atoms with Crippen LogP contribution in [0.5, 0.6) is 0 Å². The van der Waals surface area contributed by atoms with Crippen molar-refractivity contribution in [3.8, 4) is 0 Å². The number of aliphatic carboxylic acids is 1. The number of amides is 1. The lowest BCUT2D eigenvalue weighted by atomic mass is 10.0. The summed E-state index contributed by atoms with van der Waals surface area (Å²) in [5.74, 6) is -1.69. The van der Waals surface area contributed by atoms with Gasteiger partial charge in [-0.15, -0.1) is 0 Å². The molecule has 5 nitrogen and oxygen atoms in total. The topological polar surface area (TPSA) is 78.5 Å². The summed E-state index contributed by atoms with van der Waals surface area (Å²) in [5, 5.41) is 13.4. The molecule has 0 radical (unpaired) electrons. The van der Waals surface area contributed by atoms with Crippen molar-refractivity contribution in [2.75, 3.05) is 0 Å². The maximum Gasteiger partial charge on any atom is 0.407 e. The van der Waals surface area contributed by atoms with Gasteiger partial charge in [0, 0.05) is 17.9 Å². The molecule has 0 aromatic carbocycles. The quantitative estimate of drug-likeness (QED) is 0.743. The number of alkyl carbamates (subject to hydrolysis) is 1. The smallest absolute Gasteiger partial charge is 0.407 e. The standard InChI is InChI=1S/C11H19NO4/c1-11(2,3)16-10(15)12-8-6-4-5-7(8)9(13)14/h7-8H,4-6H2,1-3H3,(H,12,15)(H,13,14)/p-1/t7-,8+/m1/s1. The number of nitrogens with one attached hydrogen (secondary N) is 1. The summed E-state index contributed by atoms with van der Waals surface area (Å²) in [7, 11) is 0. The van der Waals surface area contributed by atoms with Gasteiger partial charge >= 0.3 is 6.09 Å². The van der Waals surface area contributed by atoms with Gasteiger partial charge < -0.3 is 20.0 Å². The van der Waals surface area contributed by atoms with Crippen LogP contribution in [0.1, 0.15) is 40.0 Å². The molecule has 1 saturated carbocycles. The van der Waals surface area contributed by atoms with Crippen LogP contribution in [0.4, 0.5) is 4.79 Å². The van der Waals surface area contributed by atoms with E-state index in [1.165, 1.54) is 0 Å². The predicted octanol–water partition coefficient (Wildman–Crippen LogP) is 0.430. The summed E-state index contributed by atoms with van der Waals surface area (Å²) in [6, 6.07) is -0.361. The molecule has 0 saturated heterocycles. The van der Waals surface area contributed by atoms with Crippen LogP contribution in [0.3, 0.4) is 0 Å². The van der Waals surface area contributed by atoms with Crippen LogP contribution in [0, 0.1) is 5.92 Å². The van der Waals surface area contributed by atoms with Crippen LogP contribution < -0.4 is 10.4 Å². The average Bonchev–Trinajstić information content (AvgIpc) is 2.47. The van der Waals surface area contributed by atoms with E-state index < -0.39 is 23.6 Å². The lowest BCUT2D eigenvalue weighted by Crippen LogP contribution is -2.46. The second-order valence-corrected chi connectivity index (χ2v) is 5.11. The first-order chi connectivity index (χ1) is 7.29. The highest BCUT2D eigenvalue weighted by Gasteiger charge is 2.30. The van der Waals surface area contributed by atoms with Crippen LogP contribution in [0.25, 0.3) is 0 Å². The van der Waals surface area contributed by atoms with Crippen molar-refractivity contribution in [2.45, 2.75) is 51.7 Å². The zero-order valence-electron chi connectivity index (χ0n) is 9.91. The van der Waals surface area contributed by atoms with Gasteiger partial charge in [-0.25, -0.2) is 4.79 Å². The van der Waals surface area contributed by atoms with Gasteiger partial charge in [0.15, 0.2) is 0 Å². The zero-order valence-corrected chi connectivity index (χ0v) is 9.91. The molecule has 1 aliphatic rings. The van der Waals surface area contributed by atoms with Gasteiger partial charge in [0.2, 0.25) is 0 Å². The molecule has 1 amide bonds. The third-order valence-electron chi connectivity index (χ3n) is 2.52. The summed E-state index contributed by atoms with van der Waals surface area (Å²) >= 11 is 0. The van der Waals surface area contributed by atoms with Crippen molar-refractivity contribution < 1.29 is 19.4 Å². The van der Waals surface area contributed by atoms with Crippen LogP contribution in [-0.2, 0) is 9.53 Å². The number of hydrogen-bond donors (Lipinski definition) is 1. The van der Waals surface area contributed by atoms with Gasteiger partial charge in [0.25, 0.3) is 0 Å². The SMILES string of the molecule is CC(C)(C)OC(=O)N[C@H]1CCC[C@H]1C(=O)[O-]. The molecule has 5 heteroatoms. The first-order valence-electron chi connectivity index (χ1n) is 5.50. The zero-order chi connectivity index (χ0) is 12.3. The Morgan fingerprint density at radius 3 is 2.44 bits per heavy atom.